The summed E-state index contributed by atoms with van der Waals surface area (Å²) < 4.78 is 23.2. The molecular weight excluding hydrogens is 340 g/mol. The predicted octanol–water partition coefficient (Wildman–Crippen LogP) is 1.82. The van der Waals surface area contributed by atoms with Crippen molar-refractivity contribution in [2.24, 2.45) is 0 Å². The molecule has 2 aromatic rings. The summed E-state index contributed by atoms with van der Waals surface area (Å²) in [4.78, 5) is 17.4. The van der Waals surface area contributed by atoms with Crippen molar-refractivity contribution in [3.05, 3.63) is 41.5 Å². The summed E-state index contributed by atoms with van der Waals surface area (Å²) in [6, 6.07) is 6.33. The predicted molar refractivity (Wildman–Crippen MR) is 92.8 cm³/mol. The molecule has 7 nitrogen and oxygen atoms in total. The van der Waals surface area contributed by atoms with Crippen LogP contribution in [0.1, 0.15) is 49.4 Å². The van der Waals surface area contributed by atoms with Gasteiger partial charge in [-0.15, -0.1) is 0 Å². The first kappa shape index (κ1) is 17.6. The lowest BCUT2D eigenvalue weighted by molar-refractivity contribution is -0.130. The van der Waals surface area contributed by atoms with Crippen LogP contribution in [0.15, 0.2) is 29.2 Å². The van der Waals surface area contributed by atoms with E-state index in [2.05, 4.69) is 20.5 Å². The molecule has 1 aliphatic rings. The Kier molecular flexibility index (Phi) is 4.40. The third-order valence-electron chi connectivity index (χ3n) is 4.83. The highest BCUT2D eigenvalue weighted by Crippen LogP contribution is 2.44. The fraction of sp³-hybridized carbons (Fsp3) is 0.471. The maximum absolute atomic E-state index is 12.9. The van der Waals surface area contributed by atoms with Crippen molar-refractivity contribution in [1.82, 2.24) is 20.5 Å². The molecule has 1 amide bonds. The number of aromatic nitrogens is 3. The Labute approximate surface area is 147 Å². The van der Waals surface area contributed by atoms with Crippen molar-refractivity contribution in [2.45, 2.75) is 49.5 Å². The van der Waals surface area contributed by atoms with E-state index in [1.54, 1.807) is 24.3 Å². The van der Waals surface area contributed by atoms with Gasteiger partial charge in [0.15, 0.2) is 15.7 Å². The van der Waals surface area contributed by atoms with Crippen LogP contribution < -0.4 is 5.32 Å². The SMILES string of the molecule is Cc1nc(C(C)NC(=O)C2(c3ccc(S(C)(=O)=O)cc3)CCC2)n[nH]1. The highest BCUT2D eigenvalue weighted by molar-refractivity contribution is 7.90. The first-order valence-corrected chi connectivity index (χ1v) is 10.1. The number of rotatable bonds is 5. The number of carbonyl (C=O) groups is 1. The van der Waals surface area contributed by atoms with Crippen LogP contribution >= 0.6 is 0 Å². The van der Waals surface area contributed by atoms with Gasteiger partial charge in [0.1, 0.15) is 5.82 Å². The van der Waals surface area contributed by atoms with Crippen LogP contribution in [-0.2, 0) is 20.0 Å². The van der Waals surface area contributed by atoms with Gasteiger partial charge >= 0.3 is 0 Å². The smallest absolute Gasteiger partial charge is 0.231 e. The summed E-state index contributed by atoms with van der Waals surface area (Å²) in [6.07, 6.45) is 3.64. The molecule has 1 saturated carbocycles. The van der Waals surface area contributed by atoms with E-state index in [1.807, 2.05) is 13.8 Å². The number of sulfone groups is 1. The number of amides is 1. The van der Waals surface area contributed by atoms with Crippen molar-refractivity contribution in [2.75, 3.05) is 6.26 Å². The van der Waals surface area contributed by atoms with E-state index in [-0.39, 0.29) is 16.8 Å². The van der Waals surface area contributed by atoms with Crippen LogP contribution in [0, 0.1) is 6.92 Å². The third-order valence-corrected chi connectivity index (χ3v) is 5.95. The van der Waals surface area contributed by atoms with Crippen molar-refractivity contribution >= 4 is 15.7 Å². The lowest BCUT2D eigenvalue weighted by Gasteiger charge is -2.41. The zero-order valence-electron chi connectivity index (χ0n) is 14.5. The second kappa shape index (κ2) is 6.25. The van der Waals surface area contributed by atoms with E-state index >= 15 is 0 Å². The molecule has 8 heteroatoms. The van der Waals surface area contributed by atoms with Crippen molar-refractivity contribution < 1.29 is 13.2 Å². The second-order valence-corrected chi connectivity index (χ2v) is 8.72. The van der Waals surface area contributed by atoms with E-state index in [0.29, 0.717) is 11.6 Å². The summed E-state index contributed by atoms with van der Waals surface area (Å²) in [7, 11) is -3.25. The van der Waals surface area contributed by atoms with Crippen LogP contribution in [-0.4, -0.2) is 35.8 Å². The number of aromatic amines is 1. The zero-order valence-corrected chi connectivity index (χ0v) is 15.4. The summed E-state index contributed by atoms with van der Waals surface area (Å²) in [5.74, 6) is 1.18. The summed E-state index contributed by atoms with van der Waals surface area (Å²) >= 11 is 0. The van der Waals surface area contributed by atoms with Crippen LogP contribution in [0.2, 0.25) is 0 Å². The topological polar surface area (TPSA) is 105 Å². The van der Waals surface area contributed by atoms with Gasteiger partial charge < -0.3 is 5.32 Å². The highest BCUT2D eigenvalue weighted by atomic mass is 32.2. The minimum atomic E-state index is -3.25. The van der Waals surface area contributed by atoms with Crippen LogP contribution in [0.4, 0.5) is 0 Å². The molecule has 0 bridgehead atoms. The Morgan fingerprint density at radius 2 is 1.92 bits per heavy atom. The van der Waals surface area contributed by atoms with Gasteiger partial charge in [0, 0.05) is 6.26 Å². The number of carbonyl (C=O) groups excluding carboxylic acids is 1. The number of H-pyrrole nitrogens is 1. The monoisotopic (exact) mass is 362 g/mol. The Morgan fingerprint density at radius 1 is 1.28 bits per heavy atom. The average molecular weight is 362 g/mol. The molecule has 3 rings (SSSR count). The Morgan fingerprint density at radius 3 is 2.36 bits per heavy atom. The maximum Gasteiger partial charge on any atom is 0.231 e. The van der Waals surface area contributed by atoms with E-state index in [0.717, 1.165) is 24.8 Å². The van der Waals surface area contributed by atoms with Crippen LogP contribution in [0.3, 0.4) is 0 Å². The van der Waals surface area contributed by atoms with Gasteiger partial charge in [-0.3, -0.25) is 9.89 Å². The number of hydrogen-bond acceptors (Lipinski definition) is 5. The molecular formula is C17H22N4O3S. The number of nitrogens with one attached hydrogen (secondary N) is 2. The first-order valence-electron chi connectivity index (χ1n) is 8.23. The van der Waals surface area contributed by atoms with Gasteiger partial charge in [0.25, 0.3) is 0 Å². The molecule has 1 heterocycles. The maximum atomic E-state index is 12.9. The average Bonchev–Trinajstić information content (AvgIpc) is 2.92. The van der Waals surface area contributed by atoms with Gasteiger partial charge in [0.2, 0.25) is 5.91 Å². The molecule has 1 aliphatic carbocycles. The van der Waals surface area contributed by atoms with Gasteiger partial charge in [-0.25, -0.2) is 13.4 Å². The molecule has 1 atom stereocenters. The zero-order chi connectivity index (χ0) is 18.2. The molecule has 25 heavy (non-hydrogen) atoms. The van der Waals surface area contributed by atoms with E-state index in [1.165, 1.54) is 6.26 Å². The molecule has 1 unspecified atom stereocenters. The number of nitrogens with zero attached hydrogens (tertiary/aromatic N) is 2. The first-order chi connectivity index (χ1) is 11.7. The second-order valence-electron chi connectivity index (χ2n) is 6.71. The minimum Gasteiger partial charge on any atom is -0.346 e. The molecule has 0 aliphatic heterocycles. The quantitative estimate of drug-likeness (QED) is 0.844. The molecule has 0 radical (unpaired) electrons. The van der Waals surface area contributed by atoms with Crippen LogP contribution in [0.25, 0.3) is 0 Å². The van der Waals surface area contributed by atoms with Gasteiger partial charge in [-0.05, 0) is 44.4 Å². The molecule has 134 valence electrons. The standard InChI is InChI=1S/C17H22N4O3S/c1-11(15-19-12(2)20-21-15)18-16(22)17(9-4-10-17)13-5-7-14(8-6-13)25(3,23)24/h5-8,11H,4,9-10H2,1-3H3,(H,18,22)(H,19,20,21). The van der Waals surface area contributed by atoms with Crippen molar-refractivity contribution in [3.63, 3.8) is 0 Å². The Bertz CT molecular complexity index is 883. The molecule has 0 spiro atoms. The van der Waals surface area contributed by atoms with Gasteiger partial charge in [-0.1, -0.05) is 18.6 Å². The highest BCUT2D eigenvalue weighted by Gasteiger charge is 2.46. The van der Waals surface area contributed by atoms with Gasteiger partial charge in [-0.2, -0.15) is 5.10 Å². The number of aryl methyl sites for hydroxylation is 1. The normalized spacial score (nSPS) is 17.6. The van der Waals surface area contributed by atoms with Crippen molar-refractivity contribution in [1.29, 1.82) is 0 Å². The molecule has 1 aromatic carbocycles. The fourth-order valence-corrected chi connectivity index (χ4v) is 3.78. The lowest BCUT2D eigenvalue weighted by Crippen LogP contribution is -2.49. The molecule has 0 saturated heterocycles. The Balaban J connectivity index is 1.81. The molecule has 1 aromatic heterocycles. The summed E-state index contributed by atoms with van der Waals surface area (Å²) in [6.45, 7) is 3.65. The third kappa shape index (κ3) is 3.30. The fourth-order valence-electron chi connectivity index (χ4n) is 3.15. The molecule has 1 fully saturated rings. The van der Waals surface area contributed by atoms with Crippen LogP contribution in [0.5, 0.6) is 0 Å². The summed E-state index contributed by atoms with van der Waals surface area (Å²) in [5.41, 5.74) is 0.248. The number of benzene rings is 1. The van der Waals surface area contributed by atoms with E-state index < -0.39 is 15.3 Å². The van der Waals surface area contributed by atoms with E-state index in [9.17, 15) is 13.2 Å². The van der Waals surface area contributed by atoms with Crippen molar-refractivity contribution in [3.8, 4) is 0 Å². The molecule has 2 N–H and O–H groups in total. The van der Waals surface area contributed by atoms with E-state index in [4.69, 9.17) is 0 Å². The Hall–Kier alpha value is -2.22. The number of hydrogen-bond donors (Lipinski definition) is 2. The summed E-state index contributed by atoms with van der Waals surface area (Å²) in [5, 5.41) is 9.85. The van der Waals surface area contributed by atoms with Gasteiger partial charge in [0.05, 0.1) is 16.4 Å². The minimum absolute atomic E-state index is 0.0687. The lowest BCUT2D eigenvalue weighted by atomic mass is 9.63. The largest absolute Gasteiger partial charge is 0.346 e.